The topological polar surface area (TPSA) is 66.4 Å². The molecule has 0 bridgehead atoms. The van der Waals surface area contributed by atoms with Gasteiger partial charge in [-0.2, -0.15) is 0 Å². The fourth-order valence-corrected chi connectivity index (χ4v) is 4.24. The summed E-state index contributed by atoms with van der Waals surface area (Å²) in [6.45, 7) is 3.53. The van der Waals surface area contributed by atoms with E-state index < -0.39 is 10.0 Å². The summed E-state index contributed by atoms with van der Waals surface area (Å²) in [6.07, 6.45) is 0. The molecule has 0 spiro atoms. The van der Waals surface area contributed by atoms with Crippen LogP contribution < -0.4 is 4.72 Å². The maximum atomic E-state index is 12.3. The van der Waals surface area contributed by atoms with E-state index in [0.717, 1.165) is 11.1 Å². The minimum atomic E-state index is -3.65. The Kier molecular flexibility index (Phi) is 3.93. The van der Waals surface area contributed by atoms with E-state index in [0.29, 0.717) is 10.6 Å². The molecule has 19 heavy (non-hydrogen) atoms. The van der Waals surface area contributed by atoms with Gasteiger partial charge in [-0.05, 0) is 36.9 Å². The maximum Gasteiger partial charge on any atom is 0.263 e. The van der Waals surface area contributed by atoms with Crippen molar-refractivity contribution in [1.82, 2.24) is 0 Å². The van der Waals surface area contributed by atoms with Crippen LogP contribution in [0, 0.1) is 13.8 Å². The molecule has 1 aromatic heterocycles. The lowest BCUT2D eigenvalue weighted by Gasteiger charge is -2.11. The Balaban J connectivity index is 2.37. The zero-order chi connectivity index (χ0) is 14.0. The van der Waals surface area contributed by atoms with E-state index in [-0.39, 0.29) is 11.5 Å². The number of aliphatic hydroxyl groups excluding tert-OH is 1. The molecule has 2 aromatic rings. The Morgan fingerprint density at radius 2 is 2.00 bits per heavy atom. The Hall–Kier alpha value is -1.37. The Bertz CT molecular complexity index is 690. The number of aliphatic hydroxyl groups is 1. The van der Waals surface area contributed by atoms with Gasteiger partial charge in [0.1, 0.15) is 4.90 Å². The van der Waals surface area contributed by atoms with Crippen LogP contribution in [-0.4, -0.2) is 13.5 Å². The molecule has 0 fully saturated rings. The van der Waals surface area contributed by atoms with Gasteiger partial charge in [0, 0.05) is 0 Å². The molecule has 0 aliphatic heterocycles. The van der Waals surface area contributed by atoms with Crippen molar-refractivity contribution in [3.63, 3.8) is 0 Å². The summed E-state index contributed by atoms with van der Waals surface area (Å²) < 4.78 is 27.1. The van der Waals surface area contributed by atoms with Gasteiger partial charge in [-0.25, -0.2) is 8.42 Å². The van der Waals surface area contributed by atoms with Gasteiger partial charge in [-0.1, -0.05) is 17.7 Å². The van der Waals surface area contributed by atoms with Crippen LogP contribution in [-0.2, 0) is 16.6 Å². The number of benzene rings is 1. The minimum absolute atomic E-state index is 0.139. The average Bonchev–Trinajstić information content (AvgIpc) is 2.82. The quantitative estimate of drug-likeness (QED) is 0.911. The van der Waals surface area contributed by atoms with E-state index in [1.807, 2.05) is 26.0 Å². The molecular formula is C13H15NO3S2. The molecular weight excluding hydrogens is 282 g/mol. The first-order valence-corrected chi connectivity index (χ1v) is 8.07. The first-order valence-electron chi connectivity index (χ1n) is 5.71. The lowest BCUT2D eigenvalue weighted by Crippen LogP contribution is -2.14. The molecule has 0 amide bonds. The van der Waals surface area contributed by atoms with Gasteiger partial charge in [0.25, 0.3) is 10.0 Å². The van der Waals surface area contributed by atoms with Crippen LogP contribution in [0.25, 0.3) is 0 Å². The predicted octanol–water partition coefficient (Wildman–Crippen LogP) is 2.66. The van der Waals surface area contributed by atoms with E-state index in [2.05, 4.69) is 4.72 Å². The number of sulfonamides is 1. The maximum absolute atomic E-state index is 12.3. The first-order chi connectivity index (χ1) is 8.94. The molecule has 2 N–H and O–H groups in total. The first kappa shape index (κ1) is 14.0. The molecule has 2 rings (SSSR count). The monoisotopic (exact) mass is 297 g/mol. The van der Waals surface area contributed by atoms with E-state index in [1.165, 1.54) is 17.4 Å². The fourth-order valence-electron chi connectivity index (χ4n) is 1.81. The number of nitrogens with one attached hydrogen (secondary N) is 1. The van der Waals surface area contributed by atoms with Crippen LogP contribution in [0.5, 0.6) is 0 Å². The Labute approximate surface area is 116 Å². The zero-order valence-electron chi connectivity index (χ0n) is 10.7. The molecule has 0 atom stereocenters. The second-order valence-corrected chi connectivity index (χ2v) is 6.94. The van der Waals surface area contributed by atoms with Gasteiger partial charge in [0.05, 0.1) is 17.2 Å². The predicted molar refractivity (Wildman–Crippen MR) is 77.0 cm³/mol. The highest BCUT2D eigenvalue weighted by atomic mass is 32.2. The van der Waals surface area contributed by atoms with Crippen LogP contribution in [0.15, 0.2) is 34.5 Å². The molecule has 0 aliphatic rings. The van der Waals surface area contributed by atoms with Crippen LogP contribution in [0.4, 0.5) is 5.69 Å². The summed E-state index contributed by atoms with van der Waals surface area (Å²) in [5.74, 6) is 0. The van der Waals surface area contributed by atoms with Crippen molar-refractivity contribution in [3.8, 4) is 0 Å². The average molecular weight is 297 g/mol. The zero-order valence-corrected chi connectivity index (χ0v) is 12.3. The summed E-state index contributed by atoms with van der Waals surface area (Å²) in [7, 11) is -3.65. The molecule has 0 saturated carbocycles. The molecule has 1 heterocycles. The van der Waals surface area contributed by atoms with Gasteiger partial charge < -0.3 is 5.11 Å². The number of hydrogen-bond acceptors (Lipinski definition) is 4. The van der Waals surface area contributed by atoms with Crippen LogP contribution in [0.2, 0.25) is 0 Å². The van der Waals surface area contributed by atoms with Crippen molar-refractivity contribution in [3.05, 3.63) is 45.6 Å². The molecule has 0 aliphatic carbocycles. The summed E-state index contributed by atoms with van der Waals surface area (Å²) in [5, 5.41) is 10.8. The van der Waals surface area contributed by atoms with Crippen molar-refractivity contribution in [2.75, 3.05) is 4.72 Å². The minimum Gasteiger partial charge on any atom is -0.391 e. The highest BCUT2D eigenvalue weighted by Gasteiger charge is 2.20. The van der Waals surface area contributed by atoms with Gasteiger partial charge in [0.2, 0.25) is 0 Å². The van der Waals surface area contributed by atoms with Crippen molar-refractivity contribution in [1.29, 1.82) is 0 Å². The number of rotatable bonds is 4. The lowest BCUT2D eigenvalue weighted by molar-refractivity contribution is 0.282. The highest BCUT2D eigenvalue weighted by Crippen LogP contribution is 2.25. The second-order valence-electron chi connectivity index (χ2n) is 4.29. The molecule has 102 valence electrons. The van der Waals surface area contributed by atoms with Crippen molar-refractivity contribution in [2.45, 2.75) is 25.3 Å². The van der Waals surface area contributed by atoms with Gasteiger partial charge >= 0.3 is 0 Å². The summed E-state index contributed by atoms with van der Waals surface area (Å²) >= 11 is 1.22. The van der Waals surface area contributed by atoms with Gasteiger partial charge in [-0.15, -0.1) is 11.3 Å². The van der Waals surface area contributed by atoms with E-state index in [9.17, 15) is 8.42 Å². The summed E-state index contributed by atoms with van der Waals surface area (Å²) in [6, 6.07) is 7.01. The highest BCUT2D eigenvalue weighted by molar-refractivity contribution is 7.93. The van der Waals surface area contributed by atoms with E-state index in [1.54, 1.807) is 11.4 Å². The third kappa shape index (κ3) is 2.97. The third-order valence-electron chi connectivity index (χ3n) is 2.76. The number of anilines is 1. The lowest BCUT2D eigenvalue weighted by atomic mass is 10.1. The normalized spacial score (nSPS) is 11.5. The van der Waals surface area contributed by atoms with Crippen LogP contribution >= 0.6 is 11.3 Å². The Morgan fingerprint density at radius 1 is 1.26 bits per heavy atom. The molecule has 0 radical (unpaired) electrons. The third-order valence-corrected chi connectivity index (χ3v) is 5.25. The fraction of sp³-hybridized carbons (Fsp3) is 0.231. The molecule has 6 heteroatoms. The second kappa shape index (κ2) is 5.32. The van der Waals surface area contributed by atoms with Crippen LogP contribution in [0.1, 0.15) is 16.0 Å². The van der Waals surface area contributed by atoms with E-state index in [4.69, 9.17) is 5.11 Å². The van der Waals surface area contributed by atoms with Crippen molar-refractivity contribution < 1.29 is 13.5 Å². The smallest absolute Gasteiger partial charge is 0.263 e. The molecule has 0 saturated heterocycles. The molecule has 4 nitrogen and oxygen atoms in total. The molecule has 0 unspecified atom stereocenters. The largest absolute Gasteiger partial charge is 0.391 e. The Morgan fingerprint density at radius 3 is 2.63 bits per heavy atom. The number of aryl methyl sites for hydroxylation is 2. The van der Waals surface area contributed by atoms with Crippen molar-refractivity contribution in [2.24, 2.45) is 0 Å². The van der Waals surface area contributed by atoms with Crippen molar-refractivity contribution >= 4 is 27.0 Å². The standard InChI is InChI=1S/C13H15NO3S2/c1-9-3-4-11(10(2)7-9)14-19(16,17)13-5-6-18-12(13)8-15/h3-7,14-15H,8H2,1-2H3. The number of thiophene rings is 1. The van der Waals surface area contributed by atoms with E-state index >= 15 is 0 Å². The summed E-state index contributed by atoms with van der Waals surface area (Å²) in [5.41, 5.74) is 2.50. The summed E-state index contributed by atoms with van der Waals surface area (Å²) in [4.78, 5) is 0.581. The SMILES string of the molecule is Cc1ccc(NS(=O)(=O)c2ccsc2CO)c(C)c1. The molecule has 1 aromatic carbocycles. The number of hydrogen-bond donors (Lipinski definition) is 2. The van der Waals surface area contributed by atoms with Gasteiger partial charge in [-0.3, -0.25) is 4.72 Å². The van der Waals surface area contributed by atoms with Crippen LogP contribution in [0.3, 0.4) is 0 Å². The van der Waals surface area contributed by atoms with Gasteiger partial charge in [0.15, 0.2) is 0 Å².